The summed E-state index contributed by atoms with van der Waals surface area (Å²) in [7, 11) is 0. The molecule has 3 aromatic rings. The first kappa shape index (κ1) is 16.6. The lowest BCUT2D eigenvalue weighted by Gasteiger charge is -2.03. The normalized spacial score (nSPS) is 10.5. The number of benzene rings is 1. The van der Waals surface area contributed by atoms with Crippen LogP contribution in [0.1, 0.15) is 6.42 Å². The second-order valence-electron chi connectivity index (χ2n) is 4.83. The Morgan fingerprint density at radius 1 is 1.17 bits per heavy atom. The second kappa shape index (κ2) is 8.03. The van der Waals surface area contributed by atoms with Gasteiger partial charge in [0.2, 0.25) is 5.91 Å². The maximum Gasteiger partial charge on any atom is 0.226 e. The van der Waals surface area contributed by atoms with Gasteiger partial charge in [0, 0.05) is 28.6 Å². The number of hydrogen-bond donors (Lipinski definition) is 1. The van der Waals surface area contributed by atoms with Crippen molar-refractivity contribution in [3.63, 3.8) is 0 Å². The average Bonchev–Trinajstić information content (AvgIpc) is 3.06. The second-order valence-corrected chi connectivity index (χ2v) is 6.82. The predicted octanol–water partition coefficient (Wildman–Crippen LogP) is 4.47. The average molecular weight is 359 g/mol. The summed E-state index contributed by atoms with van der Waals surface area (Å²) in [5.41, 5.74) is 1.50. The lowest BCUT2D eigenvalue weighted by Crippen LogP contribution is -2.12. The van der Waals surface area contributed by atoms with Crippen LogP contribution < -0.4 is 5.32 Å². The number of halogens is 1. The third-order valence-electron chi connectivity index (χ3n) is 3.10. The summed E-state index contributed by atoms with van der Waals surface area (Å²) in [6.45, 7) is 0. The van der Waals surface area contributed by atoms with Crippen LogP contribution in [0.2, 0.25) is 0 Å². The number of amides is 1. The van der Waals surface area contributed by atoms with E-state index in [2.05, 4.69) is 15.3 Å². The zero-order chi connectivity index (χ0) is 16.8. The summed E-state index contributed by atoms with van der Waals surface area (Å²) >= 11 is 2.68. The molecule has 0 radical (unpaired) electrons. The molecule has 0 fully saturated rings. The fourth-order valence-corrected chi connectivity index (χ4v) is 3.57. The molecule has 1 amide bonds. The van der Waals surface area contributed by atoms with E-state index in [1.807, 2.05) is 23.6 Å². The molecule has 24 heavy (non-hydrogen) atoms. The Bertz CT molecular complexity index is 823. The molecule has 0 unspecified atom stereocenters. The molecule has 0 spiro atoms. The lowest BCUT2D eigenvalue weighted by atomic mass is 10.3. The van der Waals surface area contributed by atoms with E-state index in [-0.39, 0.29) is 18.1 Å². The highest BCUT2D eigenvalue weighted by atomic mass is 32.2. The van der Waals surface area contributed by atoms with E-state index >= 15 is 0 Å². The van der Waals surface area contributed by atoms with Crippen molar-refractivity contribution in [1.29, 1.82) is 0 Å². The van der Waals surface area contributed by atoms with Gasteiger partial charge in [-0.2, -0.15) is 0 Å². The molecule has 0 aliphatic rings. The molecule has 0 aliphatic heterocycles. The van der Waals surface area contributed by atoms with E-state index in [0.717, 1.165) is 11.4 Å². The van der Waals surface area contributed by atoms with E-state index < -0.39 is 0 Å². The van der Waals surface area contributed by atoms with Crippen LogP contribution in [0.25, 0.3) is 11.4 Å². The van der Waals surface area contributed by atoms with E-state index in [1.165, 1.54) is 29.2 Å². The van der Waals surface area contributed by atoms with Crippen LogP contribution in [0.5, 0.6) is 0 Å². The summed E-state index contributed by atoms with van der Waals surface area (Å²) < 4.78 is 13.5. The maximum atomic E-state index is 13.5. The molecule has 0 atom stereocenters. The molecule has 2 aromatic heterocycles. The smallest absolute Gasteiger partial charge is 0.226 e. The Morgan fingerprint density at radius 2 is 2.00 bits per heavy atom. The highest BCUT2D eigenvalue weighted by Gasteiger charge is 2.09. The van der Waals surface area contributed by atoms with Gasteiger partial charge in [0.05, 0.1) is 5.69 Å². The summed E-state index contributed by atoms with van der Waals surface area (Å²) in [4.78, 5) is 21.1. The van der Waals surface area contributed by atoms with Crippen molar-refractivity contribution in [3.8, 4) is 11.4 Å². The zero-order valence-electron chi connectivity index (χ0n) is 12.6. The predicted molar refractivity (Wildman–Crippen MR) is 95.7 cm³/mol. The fourth-order valence-electron chi connectivity index (χ4n) is 1.96. The number of rotatable bonds is 6. The third kappa shape index (κ3) is 4.39. The Morgan fingerprint density at radius 3 is 2.79 bits per heavy atom. The lowest BCUT2D eigenvalue weighted by molar-refractivity contribution is -0.115. The first-order valence-corrected chi connectivity index (χ1v) is 9.13. The minimum Gasteiger partial charge on any atom is -0.302 e. The van der Waals surface area contributed by atoms with Gasteiger partial charge in [-0.15, -0.1) is 23.1 Å². The SMILES string of the molecule is O=C(CCSc1ccccc1F)Nc1nc(-c2ccccn2)cs1. The van der Waals surface area contributed by atoms with Gasteiger partial charge in [0.25, 0.3) is 0 Å². The van der Waals surface area contributed by atoms with Gasteiger partial charge < -0.3 is 5.32 Å². The monoisotopic (exact) mass is 359 g/mol. The summed E-state index contributed by atoms with van der Waals surface area (Å²) in [5, 5.41) is 5.16. The van der Waals surface area contributed by atoms with Crippen molar-refractivity contribution >= 4 is 34.1 Å². The Balaban J connectivity index is 1.51. The minimum absolute atomic E-state index is 0.138. The van der Waals surface area contributed by atoms with Crippen LogP contribution in [0.15, 0.2) is 58.9 Å². The quantitative estimate of drug-likeness (QED) is 0.660. The Hall–Kier alpha value is -2.25. The molecule has 0 aliphatic carbocycles. The topological polar surface area (TPSA) is 54.9 Å². The van der Waals surface area contributed by atoms with Gasteiger partial charge in [0.15, 0.2) is 5.13 Å². The van der Waals surface area contributed by atoms with Crippen LogP contribution in [-0.4, -0.2) is 21.6 Å². The van der Waals surface area contributed by atoms with Crippen LogP contribution >= 0.6 is 23.1 Å². The summed E-state index contributed by atoms with van der Waals surface area (Å²) in [6, 6.07) is 12.1. The molecule has 0 saturated heterocycles. The number of thioether (sulfide) groups is 1. The van der Waals surface area contributed by atoms with Crippen LogP contribution in [0.3, 0.4) is 0 Å². The molecular formula is C17H14FN3OS2. The molecule has 7 heteroatoms. The zero-order valence-corrected chi connectivity index (χ0v) is 14.2. The van der Waals surface area contributed by atoms with Gasteiger partial charge in [0.1, 0.15) is 11.5 Å². The number of anilines is 1. The largest absolute Gasteiger partial charge is 0.302 e. The van der Waals surface area contributed by atoms with E-state index in [0.29, 0.717) is 15.8 Å². The summed E-state index contributed by atoms with van der Waals surface area (Å²) in [5.74, 6) is 0.106. The van der Waals surface area contributed by atoms with Gasteiger partial charge in [-0.25, -0.2) is 9.37 Å². The van der Waals surface area contributed by atoms with Gasteiger partial charge in [-0.05, 0) is 24.3 Å². The van der Waals surface area contributed by atoms with Crippen LogP contribution in [-0.2, 0) is 4.79 Å². The van der Waals surface area contributed by atoms with Gasteiger partial charge in [-0.3, -0.25) is 9.78 Å². The number of aromatic nitrogens is 2. The molecule has 0 saturated carbocycles. The van der Waals surface area contributed by atoms with E-state index in [1.54, 1.807) is 24.4 Å². The van der Waals surface area contributed by atoms with Crippen molar-refractivity contribution in [3.05, 3.63) is 59.9 Å². The molecule has 2 heterocycles. The van der Waals surface area contributed by atoms with Crippen LogP contribution in [0.4, 0.5) is 9.52 Å². The molecular weight excluding hydrogens is 345 g/mol. The number of nitrogens with zero attached hydrogens (tertiary/aromatic N) is 2. The maximum absolute atomic E-state index is 13.5. The Kier molecular flexibility index (Phi) is 5.55. The number of nitrogens with one attached hydrogen (secondary N) is 1. The van der Waals surface area contributed by atoms with Crippen molar-refractivity contribution < 1.29 is 9.18 Å². The molecule has 1 N–H and O–H groups in total. The standard InChI is InChI=1S/C17H14FN3OS2/c18-12-5-1-2-7-15(12)23-10-8-16(22)21-17-20-14(11-24-17)13-6-3-4-9-19-13/h1-7,9,11H,8,10H2,(H,20,21,22). The highest BCUT2D eigenvalue weighted by molar-refractivity contribution is 7.99. The molecule has 1 aromatic carbocycles. The van der Waals surface area contributed by atoms with E-state index in [9.17, 15) is 9.18 Å². The van der Waals surface area contributed by atoms with Crippen molar-refractivity contribution in [2.45, 2.75) is 11.3 Å². The Labute approximate surface area is 147 Å². The van der Waals surface area contributed by atoms with Gasteiger partial charge >= 0.3 is 0 Å². The molecule has 122 valence electrons. The fraction of sp³-hybridized carbons (Fsp3) is 0.118. The van der Waals surface area contributed by atoms with Crippen molar-refractivity contribution in [2.24, 2.45) is 0 Å². The highest BCUT2D eigenvalue weighted by Crippen LogP contribution is 2.24. The molecule has 3 rings (SSSR count). The molecule has 0 bridgehead atoms. The number of hydrogen-bond acceptors (Lipinski definition) is 5. The summed E-state index contributed by atoms with van der Waals surface area (Å²) in [6.07, 6.45) is 1.99. The minimum atomic E-state index is -0.261. The first-order valence-electron chi connectivity index (χ1n) is 7.26. The van der Waals surface area contributed by atoms with Crippen molar-refractivity contribution in [1.82, 2.24) is 9.97 Å². The van der Waals surface area contributed by atoms with E-state index in [4.69, 9.17) is 0 Å². The van der Waals surface area contributed by atoms with Gasteiger partial charge in [-0.1, -0.05) is 18.2 Å². The molecule has 4 nitrogen and oxygen atoms in total. The third-order valence-corrected chi connectivity index (χ3v) is 4.91. The number of carbonyl (C=O) groups excluding carboxylic acids is 1. The number of pyridine rings is 1. The van der Waals surface area contributed by atoms with Crippen molar-refractivity contribution in [2.75, 3.05) is 11.1 Å². The number of thiazole rings is 1. The number of carbonyl (C=O) groups is 1. The van der Waals surface area contributed by atoms with Crippen LogP contribution in [0, 0.1) is 5.82 Å². The first-order chi connectivity index (χ1) is 11.7.